The van der Waals surface area contributed by atoms with Crippen molar-refractivity contribution in [3.63, 3.8) is 0 Å². The summed E-state index contributed by atoms with van der Waals surface area (Å²) >= 11 is 11.9. The molecular weight excluding hydrogens is 383 g/mol. The van der Waals surface area contributed by atoms with Gasteiger partial charge in [0, 0.05) is 25.2 Å². The molecule has 7 heteroatoms. The predicted molar refractivity (Wildman–Crippen MR) is 104 cm³/mol. The number of nitrogens with one attached hydrogen (secondary N) is 1. The van der Waals surface area contributed by atoms with E-state index in [2.05, 4.69) is 5.32 Å². The zero-order valence-electron chi connectivity index (χ0n) is 14.3. The number of carbonyl (C=O) groups is 1. The van der Waals surface area contributed by atoms with Crippen LogP contribution in [0.1, 0.15) is 32.6 Å². The number of hydrogen-bond donors (Lipinski definition) is 1. The van der Waals surface area contributed by atoms with Gasteiger partial charge < -0.3 is 15.0 Å². The fraction of sp³-hybridized carbons (Fsp3) is 0.611. The lowest BCUT2D eigenvalue weighted by Crippen LogP contribution is -2.48. The normalized spacial score (nSPS) is 19.2. The molecule has 0 bridgehead atoms. The van der Waals surface area contributed by atoms with Crippen LogP contribution in [-0.2, 0) is 4.79 Å². The van der Waals surface area contributed by atoms with Crippen LogP contribution in [0.4, 0.5) is 0 Å². The second kappa shape index (κ2) is 9.31. The zero-order chi connectivity index (χ0) is 17.1. The van der Waals surface area contributed by atoms with Crippen molar-refractivity contribution >= 4 is 41.5 Å². The molecule has 2 aliphatic rings. The van der Waals surface area contributed by atoms with E-state index in [-0.39, 0.29) is 18.3 Å². The molecule has 1 heterocycles. The highest BCUT2D eigenvalue weighted by Crippen LogP contribution is 2.28. The molecule has 1 aromatic carbocycles. The van der Waals surface area contributed by atoms with E-state index < -0.39 is 6.10 Å². The first-order chi connectivity index (χ1) is 11.5. The van der Waals surface area contributed by atoms with E-state index in [9.17, 15) is 4.79 Å². The minimum atomic E-state index is -0.529. The van der Waals surface area contributed by atoms with E-state index in [0.717, 1.165) is 38.4 Å². The average molecular weight is 408 g/mol. The van der Waals surface area contributed by atoms with Crippen LogP contribution < -0.4 is 10.1 Å². The van der Waals surface area contributed by atoms with Gasteiger partial charge in [0.15, 0.2) is 6.10 Å². The Hall–Kier alpha value is -0.680. The maximum Gasteiger partial charge on any atom is 0.263 e. The summed E-state index contributed by atoms with van der Waals surface area (Å²) in [5.41, 5.74) is 0. The van der Waals surface area contributed by atoms with Crippen molar-refractivity contribution in [2.45, 2.75) is 44.8 Å². The molecule has 1 atom stereocenters. The number of carbonyl (C=O) groups excluding carboxylic acids is 1. The van der Waals surface area contributed by atoms with E-state index in [4.69, 9.17) is 27.9 Å². The van der Waals surface area contributed by atoms with E-state index in [1.54, 1.807) is 25.1 Å². The Labute approximate surface area is 165 Å². The molecule has 3 rings (SSSR count). The van der Waals surface area contributed by atoms with Crippen LogP contribution in [0.15, 0.2) is 18.2 Å². The van der Waals surface area contributed by atoms with Crippen molar-refractivity contribution in [3.05, 3.63) is 28.2 Å². The topological polar surface area (TPSA) is 41.6 Å². The molecule has 4 nitrogen and oxygen atoms in total. The molecule has 0 spiro atoms. The minimum Gasteiger partial charge on any atom is -0.481 e. The first kappa shape index (κ1) is 20.6. The number of amides is 1. The molecule has 1 unspecified atom stereocenters. The largest absolute Gasteiger partial charge is 0.481 e. The van der Waals surface area contributed by atoms with Gasteiger partial charge in [0.25, 0.3) is 5.91 Å². The smallest absolute Gasteiger partial charge is 0.263 e. The minimum absolute atomic E-state index is 0. The molecule has 25 heavy (non-hydrogen) atoms. The summed E-state index contributed by atoms with van der Waals surface area (Å²) in [5.74, 6) is 1.48. The molecule has 0 radical (unpaired) electrons. The number of ether oxygens (including phenoxy) is 1. The summed E-state index contributed by atoms with van der Waals surface area (Å²) in [6.45, 7) is 4.49. The number of rotatable bonds is 6. The molecular formula is C18H25Cl3N2O2. The summed E-state index contributed by atoms with van der Waals surface area (Å²) in [6, 6.07) is 5.59. The summed E-state index contributed by atoms with van der Waals surface area (Å²) in [5, 5.41) is 4.53. The van der Waals surface area contributed by atoms with Crippen LogP contribution in [0, 0.1) is 5.92 Å². The third kappa shape index (κ3) is 5.92. The summed E-state index contributed by atoms with van der Waals surface area (Å²) < 4.78 is 5.73. The van der Waals surface area contributed by atoms with Gasteiger partial charge in [-0.1, -0.05) is 23.2 Å². The lowest BCUT2D eigenvalue weighted by molar-refractivity contribution is -0.139. The molecule has 2 fully saturated rings. The highest BCUT2D eigenvalue weighted by atomic mass is 35.5. The fourth-order valence-corrected chi connectivity index (χ4v) is 3.31. The molecule has 0 aromatic heterocycles. The summed E-state index contributed by atoms with van der Waals surface area (Å²) in [7, 11) is 0. The molecule has 1 aromatic rings. The van der Waals surface area contributed by atoms with Gasteiger partial charge in [-0.25, -0.2) is 0 Å². The Morgan fingerprint density at radius 1 is 1.24 bits per heavy atom. The maximum atomic E-state index is 12.6. The standard InChI is InChI=1S/C18H24Cl2N2O2.ClH/c1-12(24-15-4-5-16(19)17(20)10-15)18(23)22-8-6-14(7-9-22)21-11-13-2-3-13;/h4-5,10,12-14,21H,2-3,6-9,11H2,1H3;1H. The Kier molecular flexibility index (Phi) is 7.68. The first-order valence-electron chi connectivity index (χ1n) is 8.67. The van der Waals surface area contributed by atoms with E-state index in [1.165, 1.54) is 12.8 Å². The van der Waals surface area contributed by atoms with E-state index in [1.807, 2.05) is 4.90 Å². The molecule has 140 valence electrons. The zero-order valence-corrected chi connectivity index (χ0v) is 16.7. The first-order valence-corrected chi connectivity index (χ1v) is 9.42. The molecule has 1 aliphatic heterocycles. The van der Waals surface area contributed by atoms with Gasteiger partial charge in [-0.05, 0) is 57.2 Å². The third-order valence-corrected chi connectivity index (χ3v) is 5.49. The third-order valence-electron chi connectivity index (χ3n) is 4.75. The number of likely N-dealkylation sites (tertiary alicyclic amines) is 1. The number of nitrogens with zero attached hydrogens (tertiary/aromatic N) is 1. The van der Waals surface area contributed by atoms with Gasteiger partial charge in [-0.2, -0.15) is 0 Å². The van der Waals surface area contributed by atoms with Gasteiger partial charge in [-0.3, -0.25) is 4.79 Å². The van der Waals surface area contributed by atoms with Crippen LogP contribution in [0.3, 0.4) is 0 Å². The number of benzene rings is 1. The van der Waals surface area contributed by atoms with Crippen LogP contribution in [0.25, 0.3) is 0 Å². The highest BCUT2D eigenvalue weighted by Gasteiger charge is 2.28. The summed E-state index contributed by atoms with van der Waals surface area (Å²) in [6.07, 6.45) is 4.23. The lowest BCUT2D eigenvalue weighted by Gasteiger charge is -2.34. The van der Waals surface area contributed by atoms with Crippen molar-refractivity contribution in [1.82, 2.24) is 10.2 Å². The van der Waals surface area contributed by atoms with E-state index >= 15 is 0 Å². The Morgan fingerprint density at radius 3 is 2.52 bits per heavy atom. The molecule has 1 N–H and O–H groups in total. The molecule has 1 amide bonds. The van der Waals surface area contributed by atoms with Crippen molar-refractivity contribution in [1.29, 1.82) is 0 Å². The van der Waals surface area contributed by atoms with Gasteiger partial charge in [0.05, 0.1) is 10.0 Å². The average Bonchev–Trinajstić information content (AvgIpc) is 3.40. The Morgan fingerprint density at radius 2 is 1.92 bits per heavy atom. The van der Waals surface area contributed by atoms with E-state index in [0.29, 0.717) is 21.8 Å². The quantitative estimate of drug-likeness (QED) is 0.769. The van der Waals surface area contributed by atoms with Crippen molar-refractivity contribution in [2.75, 3.05) is 19.6 Å². The van der Waals surface area contributed by atoms with Crippen molar-refractivity contribution < 1.29 is 9.53 Å². The molecule has 1 aliphatic carbocycles. The number of piperidine rings is 1. The lowest BCUT2D eigenvalue weighted by atomic mass is 10.0. The second-order valence-electron chi connectivity index (χ2n) is 6.79. The van der Waals surface area contributed by atoms with Crippen LogP contribution in [0.5, 0.6) is 5.75 Å². The SMILES string of the molecule is CC(Oc1ccc(Cl)c(Cl)c1)C(=O)N1CCC(NCC2CC2)CC1.Cl. The maximum absolute atomic E-state index is 12.6. The molecule has 1 saturated carbocycles. The highest BCUT2D eigenvalue weighted by molar-refractivity contribution is 6.42. The van der Waals surface area contributed by atoms with Crippen molar-refractivity contribution in [3.8, 4) is 5.75 Å². The van der Waals surface area contributed by atoms with Crippen LogP contribution in [-0.4, -0.2) is 42.6 Å². The number of hydrogen-bond acceptors (Lipinski definition) is 3. The van der Waals surface area contributed by atoms with Gasteiger partial charge in [0.2, 0.25) is 0 Å². The number of halogens is 3. The fourth-order valence-electron chi connectivity index (χ4n) is 3.02. The van der Waals surface area contributed by atoms with Crippen LogP contribution >= 0.6 is 35.6 Å². The van der Waals surface area contributed by atoms with Gasteiger partial charge in [-0.15, -0.1) is 12.4 Å². The Bertz CT molecular complexity index is 588. The van der Waals surface area contributed by atoms with Crippen LogP contribution in [0.2, 0.25) is 10.0 Å². The monoisotopic (exact) mass is 406 g/mol. The van der Waals surface area contributed by atoms with Crippen molar-refractivity contribution in [2.24, 2.45) is 5.92 Å². The second-order valence-corrected chi connectivity index (χ2v) is 7.60. The Balaban J connectivity index is 0.00000225. The molecule has 1 saturated heterocycles. The van der Waals surface area contributed by atoms with Gasteiger partial charge >= 0.3 is 0 Å². The predicted octanol–water partition coefficient (Wildman–Crippen LogP) is 4.17. The van der Waals surface area contributed by atoms with Gasteiger partial charge in [0.1, 0.15) is 5.75 Å². The summed E-state index contributed by atoms with van der Waals surface area (Å²) in [4.78, 5) is 14.5.